The van der Waals surface area contributed by atoms with Gasteiger partial charge in [0, 0.05) is 38.2 Å². The minimum atomic E-state index is -0.562. The second-order valence-corrected chi connectivity index (χ2v) is 6.60. The quantitative estimate of drug-likeness (QED) is 0.375. The van der Waals surface area contributed by atoms with Crippen LogP contribution in [0.5, 0.6) is 0 Å². The highest BCUT2D eigenvalue weighted by Crippen LogP contribution is 2.36. The standard InChI is InChI=1S/C13H18N4O2.C4H6O3/c1-16-10-2-3-11(16)7-9(6-10)15-12-4-5-14-8-13(12)17(18)19;1-3(5)7-4(2)6/h4-5,8-11H,2-3,6-7H2,1H3,(H,14,15);1-2H3/t9?,10-,11+;. The average molecular weight is 364 g/mol. The van der Waals surface area contributed by atoms with E-state index in [1.165, 1.54) is 32.9 Å². The molecule has 0 spiro atoms. The van der Waals surface area contributed by atoms with E-state index in [2.05, 4.69) is 27.0 Å². The largest absolute Gasteiger partial charge is 0.394 e. The number of esters is 2. The molecule has 0 aromatic carbocycles. The molecule has 0 aliphatic carbocycles. The van der Waals surface area contributed by atoms with Crippen molar-refractivity contribution >= 4 is 23.3 Å². The first kappa shape index (κ1) is 19.8. The number of carbonyl (C=O) groups is 2. The first-order chi connectivity index (χ1) is 12.3. The lowest BCUT2D eigenvalue weighted by Gasteiger charge is -2.36. The van der Waals surface area contributed by atoms with Crippen molar-refractivity contribution in [3.05, 3.63) is 28.6 Å². The summed E-state index contributed by atoms with van der Waals surface area (Å²) in [4.78, 5) is 36.5. The van der Waals surface area contributed by atoms with Gasteiger partial charge in [-0.2, -0.15) is 0 Å². The van der Waals surface area contributed by atoms with Crippen LogP contribution in [0, 0.1) is 10.1 Å². The summed E-state index contributed by atoms with van der Waals surface area (Å²) in [6, 6.07) is 3.27. The Bertz CT molecular complexity index is 655. The van der Waals surface area contributed by atoms with Crippen LogP contribution in [-0.4, -0.2) is 51.9 Å². The monoisotopic (exact) mass is 364 g/mol. The summed E-state index contributed by atoms with van der Waals surface area (Å²) < 4.78 is 3.97. The van der Waals surface area contributed by atoms with Gasteiger partial charge in [-0.1, -0.05) is 0 Å². The van der Waals surface area contributed by atoms with Gasteiger partial charge in [-0.15, -0.1) is 0 Å². The number of anilines is 1. The highest BCUT2D eigenvalue weighted by atomic mass is 16.6. The van der Waals surface area contributed by atoms with Crippen molar-refractivity contribution < 1.29 is 19.2 Å². The molecule has 3 atom stereocenters. The average Bonchev–Trinajstić information content (AvgIpc) is 2.77. The van der Waals surface area contributed by atoms with Gasteiger partial charge in [-0.25, -0.2) is 0 Å². The molecule has 26 heavy (non-hydrogen) atoms. The summed E-state index contributed by atoms with van der Waals surface area (Å²) in [5.74, 6) is -1.12. The number of carbonyl (C=O) groups excluding carboxylic acids is 2. The predicted octanol–water partition coefficient (Wildman–Crippen LogP) is 2.12. The topological polar surface area (TPSA) is 115 Å². The van der Waals surface area contributed by atoms with E-state index in [9.17, 15) is 19.7 Å². The lowest BCUT2D eigenvalue weighted by Crippen LogP contribution is -2.44. The Balaban J connectivity index is 0.000000298. The molecule has 1 unspecified atom stereocenters. The Morgan fingerprint density at radius 2 is 1.85 bits per heavy atom. The minimum absolute atomic E-state index is 0.0637. The van der Waals surface area contributed by atoms with Gasteiger partial charge in [0.2, 0.25) is 0 Å². The van der Waals surface area contributed by atoms with Gasteiger partial charge in [0.15, 0.2) is 0 Å². The van der Waals surface area contributed by atoms with Crippen LogP contribution >= 0.6 is 0 Å². The molecule has 2 saturated heterocycles. The molecule has 2 aliphatic heterocycles. The van der Waals surface area contributed by atoms with Gasteiger partial charge < -0.3 is 15.0 Å². The van der Waals surface area contributed by atoms with Crippen LogP contribution in [0.25, 0.3) is 0 Å². The fraction of sp³-hybridized carbons (Fsp3) is 0.588. The highest BCUT2D eigenvalue weighted by molar-refractivity contribution is 5.82. The van der Waals surface area contributed by atoms with E-state index in [0.29, 0.717) is 23.8 Å². The SMILES string of the molecule is CC(=O)OC(C)=O.CN1[C@@H]2CC[C@H]1CC(Nc1ccncc1[N+](=O)[O-])C2. The van der Waals surface area contributed by atoms with Crippen molar-refractivity contribution in [3.8, 4) is 0 Å². The van der Waals surface area contributed by atoms with Crippen molar-refractivity contribution in [1.29, 1.82) is 0 Å². The third-order valence-electron chi connectivity index (χ3n) is 4.74. The number of hydrogen-bond acceptors (Lipinski definition) is 8. The summed E-state index contributed by atoms with van der Waals surface area (Å²) in [7, 11) is 2.19. The van der Waals surface area contributed by atoms with E-state index in [4.69, 9.17) is 0 Å². The Hall–Kier alpha value is -2.55. The Kier molecular flexibility index (Phi) is 6.62. The fourth-order valence-corrected chi connectivity index (χ4v) is 3.61. The van der Waals surface area contributed by atoms with Crippen LogP contribution in [0.2, 0.25) is 0 Å². The summed E-state index contributed by atoms with van der Waals surface area (Å²) in [6.45, 7) is 2.36. The van der Waals surface area contributed by atoms with Crippen LogP contribution in [-0.2, 0) is 14.3 Å². The number of hydrogen-bond donors (Lipinski definition) is 1. The van der Waals surface area contributed by atoms with E-state index in [0.717, 1.165) is 12.8 Å². The normalized spacial score (nSPS) is 24.2. The molecule has 142 valence electrons. The number of pyridine rings is 1. The van der Waals surface area contributed by atoms with E-state index in [1.807, 2.05) is 0 Å². The number of nitro groups is 1. The zero-order chi connectivity index (χ0) is 19.3. The molecule has 2 aliphatic rings. The van der Waals surface area contributed by atoms with E-state index in [-0.39, 0.29) is 10.6 Å². The molecular formula is C17H24N4O5. The predicted molar refractivity (Wildman–Crippen MR) is 94.6 cm³/mol. The first-order valence-electron chi connectivity index (χ1n) is 8.53. The van der Waals surface area contributed by atoms with Crippen molar-refractivity contribution in [2.75, 3.05) is 12.4 Å². The molecular weight excluding hydrogens is 340 g/mol. The number of ether oxygens (including phenoxy) is 1. The van der Waals surface area contributed by atoms with Crippen LogP contribution in [0.1, 0.15) is 39.5 Å². The second-order valence-electron chi connectivity index (χ2n) is 6.60. The minimum Gasteiger partial charge on any atom is -0.394 e. The number of fused-ring (bicyclic) bond motifs is 2. The van der Waals surface area contributed by atoms with Crippen molar-refractivity contribution in [2.24, 2.45) is 0 Å². The zero-order valence-electron chi connectivity index (χ0n) is 15.2. The number of piperidine rings is 1. The van der Waals surface area contributed by atoms with E-state index in [1.54, 1.807) is 12.3 Å². The highest BCUT2D eigenvalue weighted by Gasteiger charge is 2.38. The molecule has 3 heterocycles. The van der Waals surface area contributed by atoms with Crippen molar-refractivity contribution in [3.63, 3.8) is 0 Å². The summed E-state index contributed by atoms with van der Waals surface area (Å²) in [5, 5.41) is 14.3. The van der Waals surface area contributed by atoms with Crippen LogP contribution in [0.4, 0.5) is 11.4 Å². The second kappa shape index (κ2) is 8.70. The van der Waals surface area contributed by atoms with Gasteiger partial charge in [-0.05, 0) is 38.8 Å². The summed E-state index contributed by atoms with van der Waals surface area (Å²) >= 11 is 0. The van der Waals surface area contributed by atoms with Gasteiger partial charge in [0.05, 0.1) is 4.92 Å². The first-order valence-corrected chi connectivity index (χ1v) is 8.53. The Labute approximate surface area is 151 Å². The molecule has 2 fully saturated rings. The fourth-order valence-electron chi connectivity index (χ4n) is 3.61. The lowest BCUT2D eigenvalue weighted by molar-refractivity contribution is -0.384. The molecule has 2 bridgehead atoms. The van der Waals surface area contributed by atoms with Crippen LogP contribution < -0.4 is 5.32 Å². The van der Waals surface area contributed by atoms with Gasteiger partial charge >= 0.3 is 17.6 Å². The van der Waals surface area contributed by atoms with E-state index < -0.39 is 11.9 Å². The third kappa shape index (κ3) is 5.22. The smallest absolute Gasteiger partial charge is 0.310 e. The molecule has 9 nitrogen and oxygen atoms in total. The number of rotatable bonds is 3. The molecule has 0 saturated carbocycles. The molecule has 1 aromatic heterocycles. The number of nitrogens with zero attached hydrogens (tertiary/aromatic N) is 3. The van der Waals surface area contributed by atoms with Crippen molar-refractivity contribution in [1.82, 2.24) is 9.88 Å². The maximum absolute atomic E-state index is 11.0. The molecule has 3 rings (SSSR count). The summed E-state index contributed by atoms with van der Waals surface area (Å²) in [5.41, 5.74) is 0.655. The molecule has 0 amide bonds. The van der Waals surface area contributed by atoms with Crippen LogP contribution in [0.15, 0.2) is 18.5 Å². The molecule has 1 aromatic rings. The summed E-state index contributed by atoms with van der Waals surface area (Å²) in [6.07, 6.45) is 7.53. The maximum Gasteiger partial charge on any atom is 0.310 e. The van der Waals surface area contributed by atoms with Gasteiger partial charge in [-0.3, -0.25) is 24.7 Å². The van der Waals surface area contributed by atoms with Gasteiger partial charge in [0.1, 0.15) is 11.9 Å². The van der Waals surface area contributed by atoms with Gasteiger partial charge in [0.25, 0.3) is 0 Å². The van der Waals surface area contributed by atoms with E-state index >= 15 is 0 Å². The van der Waals surface area contributed by atoms with Crippen LogP contribution in [0.3, 0.4) is 0 Å². The third-order valence-corrected chi connectivity index (χ3v) is 4.74. The zero-order valence-corrected chi connectivity index (χ0v) is 15.2. The Morgan fingerprint density at radius 3 is 2.31 bits per heavy atom. The lowest BCUT2D eigenvalue weighted by atomic mass is 9.98. The molecule has 1 N–H and O–H groups in total. The Morgan fingerprint density at radius 1 is 1.27 bits per heavy atom. The number of nitrogens with one attached hydrogen (secondary N) is 1. The molecule has 0 radical (unpaired) electrons. The number of aromatic nitrogens is 1. The van der Waals surface area contributed by atoms with Crippen molar-refractivity contribution in [2.45, 2.75) is 57.7 Å². The molecule has 9 heteroatoms. The maximum atomic E-state index is 11.0.